The number of hydrogen-bond acceptors (Lipinski definition) is 4. The second kappa shape index (κ2) is 8.53. The third kappa shape index (κ3) is 4.62. The molecule has 0 saturated carbocycles. The van der Waals surface area contributed by atoms with Crippen LogP contribution in [0.5, 0.6) is 0 Å². The zero-order valence-corrected chi connectivity index (χ0v) is 17.1. The predicted molar refractivity (Wildman–Crippen MR) is 114 cm³/mol. The maximum Gasteiger partial charge on any atom is 0.437 e. The van der Waals surface area contributed by atoms with E-state index in [4.69, 9.17) is 0 Å². The summed E-state index contributed by atoms with van der Waals surface area (Å²) in [4.78, 5) is 22.5. The summed E-state index contributed by atoms with van der Waals surface area (Å²) in [5.74, 6) is -0.846. The van der Waals surface area contributed by atoms with E-state index in [-0.39, 0.29) is 23.8 Å². The van der Waals surface area contributed by atoms with Gasteiger partial charge in [0.15, 0.2) is 11.5 Å². The minimum Gasteiger partial charge on any atom is -0.354 e. The van der Waals surface area contributed by atoms with E-state index >= 15 is 0 Å². The molecule has 1 fully saturated rings. The van der Waals surface area contributed by atoms with Crippen LogP contribution in [-0.4, -0.2) is 29.0 Å². The zero-order chi connectivity index (χ0) is 22.0. The number of amides is 1. The van der Waals surface area contributed by atoms with E-state index in [0.717, 1.165) is 12.0 Å². The number of aromatic nitrogens is 2. The monoisotopic (exact) mass is 428 g/mol. The quantitative estimate of drug-likeness (QED) is 0.631. The van der Waals surface area contributed by atoms with Crippen LogP contribution in [-0.2, 0) is 17.4 Å². The van der Waals surface area contributed by atoms with Gasteiger partial charge in [-0.15, -0.1) is 0 Å². The molecule has 1 unspecified atom stereocenters. The van der Waals surface area contributed by atoms with E-state index in [1.54, 1.807) is 18.2 Å². The molecule has 2 heterocycles. The van der Waals surface area contributed by atoms with Crippen molar-refractivity contribution in [3.63, 3.8) is 0 Å². The lowest BCUT2D eigenvalue weighted by atomic mass is 9.96. The van der Waals surface area contributed by atoms with Crippen molar-refractivity contribution < 1.29 is 18.0 Å². The fourth-order valence-electron chi connectivity index (χ4n) is 3.85. The lowest BCUT2D eigenvalue weighted by molar-refractivity contribution is -0.140. The highest BCUT2D eigenvalue weighted by Crippen LogP contribution is 2.36. The molecule has 1 aliphatic rings. The van der Waals surface area contributed by atoms with Crippen molar-refractivity contribution in [2.24, 2.45) is 5.92 Å². The summed E-state index contributed by atoms with van der Waals surface area (Å²) >= 11 is 0. The smallest absolute Gasteiger partial charge is 0.354 e. The number of piperidine rings is 1. The predicted octanol–water partition coefficient (Wildman–Crippen LogP) is 5.07. The van der Waals surface area contributed by atoms with E-state index in [9.17, 15) is 18.0 Å². The Bertz CT molecular complexity index is 1080. The topological polar surface area (TPSA) is 58.1 Å². The maximum atomic E-state index is 13.7. The van der Waals surface area contributed by atoms with Crippen molar-refractivity contribution in [3.05, 3.63) is 59.8 Å². The Morgan fingerprint density at radius 3 is 2.42 bits per heavy atom. The first-order valence-electron chi connectivity index (χ1n) is 10.3. The molecule has 8 heteroatoms. The van der Waals surface area contributed by atoms with Crippen LogP contribution in [0.2, 0.25) is 0 Å². The number of halogens is 3. The summed E-state index contributed by atoms with van der Waals surface area (Å²) in [7, 11) is 0. The number of aryl methyl sites for hydroxylation is 1. The molecule has 4 rings (SSSR count). The number of nitrogens with zero attached hydrogens (tertiary/aromatic N) is 3. The Morgan fingerprint density at radius 2 is 1.77 bits per heavy atom. The molecule has 162 valence electrons. The van der Waals surface area contributed by atoms with E-state index in [1.165, 1.54) is 11.0 Å². The van der Waals surface area contributed by atoms with Crippen LogP contribution in [0.25, 0.3) is 11.0 Å². The Balaban J connectivity index is 1.57. The average molecular weight is 428 g/mol. The molecule has 2 aromatic carbocycles. The van der Waals surface area contributed by atoms with Gasteiger partial charge >= 0.3 is 6.18 Å². The average Bonchev–Trinajstić information content (AvgIpc) is 2.78. The highest BCUT2D eigenvalue weighted by molar-refractivity contribution is 5.93. The number of alkyl halides is 3. The van der Waals surface area contributed by atoms with Crippen LogP contribution in [0.15, 0.2) is 48.5 Å². The molecule has 1 aromatic heterocycles. The molecular formula is C23H23F3N4O. The number of carbonyl (C=O) groups is 1. The SMILES string of the molecule is CCc1ccc(NC(=O)C2CCCN(c3nc4ccccc4nc3C(F)(F)F)C2)cc1. The molecular weight excluding hydrogens is 405 g/mol. The van der Waals surface area contributed by atoms with Gasteiger partial charge < -0.3 is 10.2 Å². The number of anilines is 2. The number of para-hydroxylation sites is 2. The van der Waals surface area contributed by atoms with Gasteiger partial charge in [-0.1, -0.05) is 31.2 Å². The van der Waals surface area contributed by atoms with Gasteiger partial charge in [0.25, 0.3) is 0 Å². The van der Waals surface area contributed by atoms with E-state index < -0.39 is 17.8 Å². The standard InChI is InChI=1S/C23H23F3N4O/c1-2-15-9-11-17(12-10-15)27-22(31)16-6-5-13-30(14-16)21-20(23(24,25)26)28-18-7-3-4-8-19(18)29-21/h3-4,7-12,16H,2,5-6,13-14H2,1H3,(H,27,31). The largest absolute Gasteiger partial charge is 0.437 e. The molecule has 1 atom stereocenters. The van der Waals surface area contributed by atoms with Crippen LogP contribution in [0.4, 0.5) is 24.7 Å². The first kappa shape index (κ1) is 21.1. The van der Waals surface area contributed by atoms with Crippen molar-refractivity contribution in [2.45, 2.75) is 32.4 Å². The fraction of sp³-hybridized carbons (Fsp3) is 0.348. The third-order valence-corrected chi connectivity index (χ3v) is 5.54. The van der Waals surface area contributed by atoms with Gasteiger partial charge in [0.2, 0.25) is 5.91 Å². The normalized spacial score (nSPS) is 17.0. The number of benzene rings is 2. The highest BCUT2D eigenvalue weighted by Gasteiger charge is 2.40. The molecule has 0 spiro atoms. The summed E-state index contributed by atoms with van der Waals surface area (Å²) < 4.78 is 41.2. The molecule has 1 saturated heterocycles. The number of carbonyl (C=O) groups excluding carboxylic acids is 1. The van der Waals surface area contributed by atoms with Crippen LogP contribution in [0.1, 0.15) is 31.0 Å². The van der Waals surface area contributed by atoms with E-state index in [0.29, 0.717) is 30.6 Å². The molecule has 1 amide bonds. The van der Waals surface area contributed by atoms with Gasteiger partial charge in [-0.3, -0.25) is 4.79 Å². The summed E-state index contributed by atoms with van der Waals surface area (Å²) in [5, 5.41) is 2.89. The molecule has 0 aliphatic carbocycles. The number of hydrogen-bond donors (Lipinski definition) is 1. The Morgan fingerprint density at radius 1 is 1.10 bits per heavy atom. The Hall–Kier alpha value is -3.16. The summed E-state index contributed by atoms with van der Waals surface area (Å²) in [6, 6.07) is 14.1. The van der Waals surface area contributed by atoms with Crippen LogP contribution >= 0.6 is 0 Å². The van der Waals surface area contributed by atoms with Gasteiger partial charge in [-0.05, 0) is 49.1 Å². The van der Waals surface area contributed by atoms with Gasteiger partial charge in [-0.2, -0.15) is 13.2 Å². The van der Waals surface area contributed by atoms with Crippen LogP contribution < -0.4 is 10.2 Å². The second-order valence-corrected chi connectivity index (χ2v) is 7.71. The summed E-state index contributed by atoms with van der Waals surface area (Å²) in [5.41, 5.74) is 1.42. The molecule has 0 radical (unpaired) electrons. The Kier molecular flexibility index (Phi) is 5.80. The zero-order valence-electron chi connectivity index (χ0n) is 17.1. The minimum absolute atomic E-state index is 0.162. The summed E-state index contributed by atoms with van der Waals surface area (Å²) in [6.45, 7) is 2.61. The van der Waals surface area contributed by atoms with Gasteiger partial charge in [0.1, 0.15) is 0 Å². The molecule has 3 aromatic rings. The van der Waals surface area contributed by atoms with Gasteiger partial charge in [0.05, 0.1) is 17.0 Å². The van der Waals surface area contributed by atoms with Crippen molar-refractivity contribution >= 4 is 28.4 Å². The van der Waals surface area contributed by atoms with Crippen molar-refractivity contribution in [2.75, 3.05) is 23.3 Å². The van der Waals surface area contributed by atoms with Crippen LogP contribution in [0, 0.1) is 5.92 Å². The second-order valence-electron chi connectivity index (χ2n) is 7.71. The molecule has 5 nitrogen and oxygen atoms in total. The first-order chi connectivity index (χ1) is 14.8. The lowest BCUT2D eigenvalue weighted by Gasteiger charge is -2.34. The molecule has 1 aliphatic heterocycles. The molecule has 1 N–H and O–H groups in total. The summed E-state index contributed by atoms with van der Waals surface area (Å²) in [6.07, 6.45) is -2.53. The van der Waals surface area contributed by atoms with Gasteiger partial charge in [-0.25, -0.2) is 9.97 Å². The highest BCUT2D eigenvalue weighted by atomic mass is 19.4. The van der Waals surface area contributed by atoms with Crippen molar-refractivity contribution in [1.82, 2.24) is 9.97 Å². The fourth-order valence-corrected chi connectivity index (χ4v) is 3.85. The third-order valence-electron chi connectivity index (χ3n) is 5.54. The van der Waals surface area contributed by atoms with E-state index in [1.807, 2.05) is 24.3 Å². The Labute approximate surface area is 178 Å². The van der Waals surface area contributed by atoms with Crippen molar-refractivity contribution in [3.8, 4) is 0 Å². The number of nitrogens with one attached hydrogen (secondary N) is 1. The van der Waals surface area contributed by atoms with E-state index in [2.05, 4.69) is 22.2 Å². The number of rotatable bonds is 4. The minimum atomic E-state index is -4.64. The lowest BCUT2D eigenvalue weighted by Crippen LogP contribution is -2.42. The van der Waals surface area contributed by atoms with Crippen LogP contribution in [0.3, 0.4) is 0 Å². The maximum absolute atomic E-state index is 13.7. The first-order valence-corrected chi connectivity index (χ1v) is 10.3. The van der Waals surface area contributed by atoms with Gasteiger partial charge in [0, 0.05) is 18.8 Å². The molecule has 31 heavy (non-hydrogen) atoms. The molecule has 0 bridgehead atoms. The number of fused-ring (bicyclic) bond motifs is 1. The van der Waals surface area contributed by atoms with Crippen molar-refractivity contribution in [1.29, 1.82) is 0 Å².